The normalized spacial score (nSPS) is 25.3. The summed E-state index contributed by atoms with van der Waals surface area (Å²) in [5, 5.41) is 10.5. The average molecular weight is 277 g/mol. The fourth-order valence-electron chi connectivity index (χ4n) is 1.74. The van der Waals surface area contributed by atoms with Crippen LogP contribution >= 0.6 is 11.3 Å². The van der Waals surface area contributed by atoms with Crippen molar-refractivity contribution in [2.24, 2.45) is 0 Å². The number of ether oxygens (including phenoxy) is 1. The molecule has 1 saturated heterocycles. The van der Waals surface area contributed by atoms with Gasteiger partial charge in [0.1, 0.15) is 0 Å². The lowest BCUT2D eigenvalue weighted by molar-refractivity contribution is 0.117. The Balaban J connectivity index is 2.13. The van der Waals surface area contributed by atoms with E-state index in [9.17, 15) is 8.42 Å². The number of hydrogen-bond donors (Lipinski definition) is 2. The summed E-state index contributed by atoms with van der Waals surface area (Å²) in [6, 6.07) is 1.32. The Kier molecular flexibility index (Phi) is 3.84. The maximum absolute atomic E-state index is 12.0. The zero-order valence-electron chi connectivity index (χ0n) is 9.42. The van der Waals surface area contributed by atoms with Crippen molar-refractivity contribution < 1.29 is 18.3 Å². The van der Waals surface area contributed by atoms with Crippen molar-refractivity contribution in [3.05, 3.63) is 16.3 Å². The number of hydrogen-bond acceptors (Lipinski definition) is 5. The minimum Gasteiger partial charge on any atom is -0.391 e. The molecule has 0 aliphatic carbocycles. The number of sulfonamides is 1. The first-order chi connectivity index (χ1) is 8.03. The summed E-state index contributed by atoms with van der Waals surface area (Å²) in [6.45, 7) is 2.30. The molecule has 2 unspecified atom stereocenters. The Hall–Kier alpha value is -0.470. The summed E-state index contributed by atoms with van der Waals surface area (Å²) in [5.41, 5.74) is 0. The number of aliphatic hydroxyl groups is 1. The van der Waals surface area contributed by atoms with Crippen molar-refractivity contribution in [1.29, 1.82) is 0 Å². The van der Waals surface area contributed by atoms with Crippen LogP contribution in [-0.4, -0.2) is 32.3 Å². The molecule has 2 rings (SSSR count). The number of nitrogens with one attached hydrogen (secondary N) is 1. The van der Waals surface area contributed by atoms with Crippen LogP contribution in [0.15, 0.2) is 16.3 Å². The van der Waals surface area contributed by atoms with E-state index in [4.69, 9.17) is 9.84 Å². The number of rotatable bonds is 4. The van der Waals surface area contributed by atoms with Crippen LogP contribution in [0.3, 0.4) is 0 Å². The highest BCUT2D eigenvalue weighted by Gasteiger charge is 2.29. The molecule has 2 atom stereocenters. The van der Waals surface area contributed by atoms with Crippen molar-refractivity contribution in [3.63, 3.8) is 0 Å². The van der Waals surface area contributed by atoms with Gasteiger partial charge < -0.3 is 9.84 Å². The average Bonchev–Trinajstić information content (AvgIpc) is 2.88. The van der Waals surface area contributed by atoms with Crippen LogP contribution in [0.5, 0.6) is 0 Å². The van der Waals surface area contributed by atoms with Crippen molar-refractivity contribution in [2.45, 2.75) is 37.0 Å². The van der Waals surface area contributed by atoms with E-state index in [0.717, 1.165) is 0 Å². The predicted molar refractivity (Wildman–Crippen MR) is 64.4 cm³/mol. The Morgan fingerprint density at radius 3 is 2.94 bits per heavy atom. The molecule has 96 valence electrons. The molecule has 1 aromatic rings. The molecule has 0 aromatic carbocycles. The lowest BCUT2D eigenvalue weighted by atomic mass is 10.2. The van der Waals surface area contributed by atoms with Gasteiger partial charge in [0.05, 0.1) is 23.6 Å². The van der Waals surface area contributed by atoms with Gasteiger partial charge in [-0.05, 0) is 19.4 Å². The second-order valence-corrected chi connectivity index (χ2v) is 6.71. The molecule has 2 heterocycles. The fraction of sp³-hybridized carbons (Fsp3) is 0.600. The monoisotopic (exact) mass is 277 g/mol. The molecule has 0 amide bonds. The van der Waals surface area contributed by atoms with Crippen LogP contribution in [0.1, 0.15) is 18.2 Å². The molecule has 1 aliphatic rings. The van der Waals surface area contributed by atoms with Gasteiger partial charge in [0.25, 0.3) is 0 Å². The Bertz CT molecular complexity index is 482. The molecule has 1 aliphatic heterocycles. The molecule has 17 heavy (non-hydrogen) atoms. The zero-order chi connectivity index (χ0) is 12.5. The van der Waals surface area contributed by atoms with Gasteiger partial charge >= 0.3 is 0 Å². The smallest absolute Gasteiger partial charge is 0.241 e. The van der Waals surface area contributed by atoms with E-state index in [1.807, 2.05) is 6.92 Å². The largest absolute Gasteiger partial charge is 0.391 e. The van der Waals surface area contributed by atoms with Crippen LogP contribution in [-0.2, 0) is 21.4 Å². The molecule has 0 radical (unpaired) electrons. The van der Waals surface area contributed by atoms with Crippen molar-refractivity contribution in [3.8, 4) is 0 Å². The van der Waals surface area contributed by atoms with Crippen molar-refractivity contribution >= 4 is 21.4 Å². The van der Waals surface area contributed by atoms with Gasteiger partial charge in [-0.1, -0.05) is 0 Å². The lowest BCUT2D eigenvalue weighted by Crippen LogP contribution is -2.38. The topological polar surface area (TPSA) is 75.6 Å². The minimum absolute atomic E-state index is 0.0966. The maximum atomic E-state index is 12.0. The molecule has 0 bridgehead atoms. The highest BCUT2D eigenvalue weighted by atomic mass is 32.2. The van der Waals surface area contributed by atoms with E-state index in [1.165, 1.54) is 22.8 Å². The van der Waals surface area contributed by atoms with Crippen molar-refractivity contribution in [2.75, 3.05) is 6.61 Å². The summed E-state index contributed by atoms with van der Waals surface area (Å²) >= 11 is 1.23. The molecule has 2 N–H and O–H groups in total. The van der Waals surface area contributed by atoms with Gasteiger partial charge in [0.15, 0.2) is 0 Å². The summed E-state index contributed by atoms with van der Waals surface area (Å²) < 4.78 is 32.0. The molecule has 5 nitrogen and oxygen atoms in total. The predicted octanol–water partition coefficient (Wildman–Crippen LogP) is 0.696. The second kappa shape index (κ2) is 5.03. The van der Waals surface area contributed by atoms with E-state index in [1.54, 1.807) is 0 Å². The summed E-state index contributed by atoms with van der Waals surface area (Å²) in [6.07, 6.45) is 0.595. The molecule has 1 aromatic heterocycles. The first-order valence-electron chi connectivity index (χ1n) is 5.35. The second-order valence-electron chi connectivity index (χ2n) is 4.00. The van der Waals surface area contributed by atoms with E-state index in [2.05, 4.69) is 4.72 Å². The molecular weight excluding hydrogens is 262 g/mol. The first-order valence-corrected chi connectivity index (χ1v) is 7.71. The van der Waals surface area contributed by atoms with Crippen LogP contribution in [0.25, 0.3) is 0 Å². The third kappa shape index (κ3) is 2.86. The fourth-order valence-corrected chi connectivity index (χ4v) is 4.21. The van der Waals surface area contributed by atoms with Crippen LogP contribution < -0.4 is 4.72 Å². The Morgan fingerprint density at radius 2 is 2.41 bits per heavy atom. The Morgan fingerprint density at radius 1 is 1.65 bits per heavy atom. The molecule has 0 saturated carbocycles. The molecule has 1 fully saturated rings. The summed E-state index contributed by atoms with van der Waals surface area (Å²) in [4.78, 5) is 0.853. The summed E-state index contributed by atoms with van der Waals surface area (Å²) in [7, 11) is -3.50. The SMILES string of the molecule is CC1OCCC1NS(=O)(=O)c1csc(CO)c1. The third-order valence-electron chi connectivity index (χ3n) is 2.78. The van der Waals surface area contributed by atoms with Gasteiger partial charge in [-0.25, -0.2) is 13.1 Å². The standard InChI is InChI=1S/C10H15NO4S2/c1-7-10(2-3-15-7)11-17(13,14)9-4-8(5-12)16-6-9/h4,6-7,10-12H,2-3,5H2,1H3. The van der Waals surface area contributed by atoms with Crippen LogP contribution in [0.2, 0.25) is 0 Å². The number of aliphatic hydroxyl groups excluding tert-OH is 1. The Labute approximate surface area is 104 Å². The van der Waals surface area contributed by atoms with Gasteiger partial charge in [-0.3, -0.25) is 0 Å². The zero-order valence-corrected chi connectivity index (χ0v) is 11.1. The minimum atomic E-state index is -3.50. The van der Waals surface area contributed by atoms with Crippen LogP contribution in [0.4, 0.5) is 0 Å². The van der Waals surface area contributed by atoms with E-state index in [0.29, 0.717) is 17.9 Å². The molecular formula is C10H15NO4S2. The quantitative estimate of drug-likeness (QED) is 0.849. The van der Waals surface area contributed by atoms with Gasteiger partial charge in [0, 0.05) is 16.9 Å². The first kappa shape index (κ1) is 13.0. The number of thiophene rings is 1. The van der Waals surface area contributed by atoms with Gasteiger partial charge in [-0.15, -0.1) is 11.3 Å². The highest BCUT2D eigenvalue weighted by Crippen LogP contribution is 2.21. The lowest BCUT2D eigenvalue weighted by Gasteiger charge is -2.15. The molecule has 7 heteroatoms. The highest BCUT2D eigenvalue weighted by molar-refractivity contribution is 7.89. The molecule has 0 spiro atoms. The van der Waals surface area contributed by atoms with Crippen molar-refractivity contribution in [1.82, 2.24) is 4.72 Å². The van der Waals surface area contributed by atoms with E-state index >= 15 is 0 Å². The third-order valence-corrected chi connectivity index (χ3v) is 5.32. The van der Waals surface area contributed by atoms with Gasteiger partial charge in [0.2, 0.25) is 10.0 Å². The summed E-state index contributed by atoms with van der Waals surface area (Å²) in [5.74, 6) is 0. The maximum Gasteiger partial charge on any atom is 0.241 e. The van der Waals surface area contributed by atoms with E-state index in [-0.39, 0.29) is 23.6 Å². The van der Waals surface area contributed by atoms with E-state index < -0.39 is 10.0 Å². The van der Waals surface area contributed by atoms with Crippen LogP contribution in [0, 0.1) is 0 Å². The van der Waals surface area contributed by atoms with Gasteiger partial charge in [-0.2, -0.15) is 0 Å².